The molecule has 0 radical (unpaired) electrons. The van der Waals surface area contributed by atoms with Gasteiger partial charge < -0.3 is 4.90 Å². The van der Waals surface area contributed by atoms with Crippen LogP contribution in [-0.4, -0.2) is 16.9 Å². The molecule has 1 aromatic heterocycles. The van der Waals surface area contributed by atoms with Crippen LogP contribution in [0, 0.1) is 5.82 Å². The number of carbonyl (C=O) groups excluding carboxylic acids is 1. The standard InChI is InChI=1S/C22H22FN3OS/c1-16(27)26(21-5-3-2-4-6-21)22-24-19(15-28-22)14-25(20-11-12-20)13-17-7-9-18(23)10-8-17/h2-10,15,20H,11-14H2,1H3/p+1. The molecule has 3 aromatic rings. The van der Waals surface area contributed by atoms with E-state index < -0.39 is 0 Å². The molecule has 0 spiro atoms. The molecule has 4 rings (SSSR count). The van der Waals surface area contributed by atoms with E-state index in [1.54, 1.807) is 11.8 Å². The second kappa shape index (κ2) is 8.20. The summed E-state index contributed by atoms with van der Waals surface area (Å²) in [7, 11) is 0. The van der Waals surface area contributed by atoms with Crippen LogP contribution >= 0.6 is 11.3 Å². The Morgan fingerprint density at radius 2 is 1.86 bits per heavy atom. The molecule has 1 aliphatic rings. The topological polar surface area (TPSA) is 37.6 Å². The number of hydrogen-bond acceptors (Lipinski definition) is 3. The van der Waals surface area contributed by atoms with Crippen LogP contribution in [-0.2, 0) is 17.9 Å². The number of rotatable bonds is 7. The maximum Gasteiger partial charge on any atom is 0.230 e. The van der Waals surface area contributed by atoms with Crippen LogP contribution in [0.3, 0.4) is 0 Å². The van der Waals surface area contributed by atoms with Crippen LogP contribution in [0.4, 0.5) is 15.2 Å². The van der Waals surface area contributed by atoms with E-state index in [0.29, 0.717) is 11.2 Å². The number of aromatic nitrogens is 1. The number of hydrogen-bond donors (Lipinski definition) is 1. The van der Waals surface area contributed by atoms with Gasteiger partial charge in [-0.2, -0.15) is 0 Å². The third-order valence-corrected chi connectivity index (χ3v) is 5.84. The number of thiazole rings is 1. The fourth-order valence-electron chi connectivity index (χ4n) is 3.42. The van der Waals surface area contributed by atoms with Crippen molar-refractivity contribution in [2.24, 2.45) is 0 Å². The quantitative estimate of drug-likeness (QED) is 0.661. The summed E-state index contributed by atoms with van der Waals surface area (Å²) in [5.74, 6) is -0.254. The highest BCUT2D eigenvalue weighted by atomic mass is 32.1. The Hall–Kier alpha value is -2.57. The largest absolute Gasteiger partial charge is 0.324 e. The Labute approximate surface area is 168 Å². The van der Waals surface area contributed by atoms with Crippen molar-refractivity contribution < 1.29 is 14.1 Å². The van der Waals surface area contributed by atoms with Gasteiger partial charge in [0.05, 0.1) is 11.7 Å². The zero-order chi connectivity index (χ0) is 19.5. The lowest BCUT2D eigenvalue weighted by Crippen LogP contribution is -3.10. The third kappa shape index (κ3) is 4.46. The predicted molar refractivity (Wildman–Crippen MR) is 109 cm³/mol. The Kier molecular flexibility index (Phi) is 5.50. The van der Waals surface area contributed by atoms with Gasteiger partial charge >= 0.3 is 0 Å². The molecule has 0 aliphatic heterocycles. The first-order valence-corrected chi connectivity index (χ1v) is 10.4. The summed E-state index contributed by atoms with van der Waals surface area (Å²) in [6.07, 6.45) is 2.44. The van der Waals surface area contributed by atoms with Crippen molar-refractivity contribution in [3.8, 4) is 0 Å². The van der Waals surface area contributed by atoms with E-state index in [1.807, 2.05) is 47.8 Å². The predicted octanol–water partition coefficient (Wildman–Crippen LogP) is 3.71. The second-order valence-corrected chi connectivity index (χ2v) is 8.06. The Balaban J connectivity index is 1.51. The van der Waals surface area contributed by atoms with E-state index in [-0.39, 0.29) is 11.7 Å². The normalized spacial score (nSPS) is 14.6. The lowest BCUT2D eigenvalue weighted by atomic mass is 10.2. The Morgan fingerprint density at radius 3 is 2.50 bits per heavy atom. The SMILES string of the molecule is CC(=O)N(c1ccccc1)c1nc(C[NH+](Cc2ccc(F)cc2)C2CC2)cs1. The number of nitrogens with one attached hydrogen (secondary N) is 1. The van der Waals surface area contributed by atoms with Crippen LogP contribution < -0.4 is 9.80 Å². The number of quaternary nitrogens is 1. The molecule has 144 valence electrons. The molecule has 28 heavy (non-hydrogen) atoms. The van der Waals surface area contributed by atoms with E-state index >= 15 is 0 Å². The van der Waals surface area contributed by atoms with Crippen molar-refractivity contribution in [1.29, 1.82) is 0 Å². The van der Waals surface area contributed by atoms with Gasteiger partial charge in [0.1, 0.15) is 24.6 Å². The molecule has 2 aromatic carbocycles. The summed E-state index contributed by atoms with van der Waals surface area (Å²) in [5, 5.41) is 2.74. The number of amides is 1. The molecule has 1 saturated carbocycles. The number of carbonyl (C=O) groups is 1. The number of para-hydroxylation sites is 1. The van der Waals surface area contributed by atoms with Crippen molar-refractivity contribution in [2.75, 3.05) is 4.90 Å². The average molecular weight is 397 g/mol. The van der Waals surface area contributed by atoms with E-state index in [2.05, 4.69) is 0 Å². The summed E-state index contributed by atoms with van der Waals surface area (Å²) < 4.78 is 13.2. The summed E-state index contributed by atoms with van der Waals surface area (Å²) in [4.78, 5) is 20.1. The van der Waals surface area contributed by atoms with Crippen LogP contribution in [0.5, 0.6) is 0 Å². The fraction of sp³-hybridized carbons (Fsp3) is 0.273. The molecule has 1 amide bonds. The molecular weight excluding hydrogens is 373 g/mol. The molecule has 1 fully saturated rings. The van der Waals surface area contributed by atoms with Crippen molar-refractivity contribution in [3.63, 3.8) is 0 Å². The van der Waals surface area contributed by atoms with Gasteiger partial charge in [-0.15, -0.1) is 11.3 Å². The first kappa shape index (κ1) is 18.8. The number of halogens is 1. The van der Waals surface area contributed by atoms with Crippen LogP contribution in [0.25, 0.3) is 0 Å². The van der Waals surface area contributed by atoms with Crippen LogP contribution in [0.1, 0.15) is 31.0 Å². The zero-order valence-corrected chi connectivity index (χ0v) is 16.6. The molecule has 6 heteroatoms. The van der Waals surface area contributed by atoms with Crippen molar-refractivity contribution in [1.82, 2.24) is 4.98 Å². The van der Waals surface area contributed by atoms with Gasteiger partial charge in [-0.05, 0) is 24.3 Å². The van der Waals surface area contributed by atoms with E-state index in [1.165, 1.54) is 41.2 Å². The molecule has 1 unspecified atom stereocenters. The highest BCUT2D eigenvalue weighted by Crippen LogP contribution is 2.28. The molecule has 0 bridgehead atoms. The minimum absolute atomic E-state index is 0.0511. The van der Waals surface area contributed by atoms with Crippen molar-refractivity contribution >= 4 is 28.1 Å². The van der Waals surface area contributed by atoms with Gasteiger partial charge in [-0.3, -0.25) is 9.69 Å². The van der Waals surface area contributed by atoms with Gasteiger partial charge in [-0.1, -0.05) is 30.3 Å². The van der Waals surface area contributed by atoms with Gasteiger partial charge in [0.25, 0.3) is 0 Å². The molecule has 4 nitrogen and oxygen atoms in total. The zero-order valence-electron chi connectivity index (χ0n) is 15.8. The minimum Gasteiger partial charge on any atom is -0.324 e. The van der Waals surface area contributed by atoms with Gasteiger partial charge in [-0.25, -0.2) is 9.37 Å². The minimum atomic E-state index is -0.203. The molecule has 1 atom stereocenters. The molecule has 0 saturated heterocycles. The summed E-state index contributed by atoms with van der Waals surface area (Å²) >= 11 is 1.49. The fourth-order valence-corrected chi connectivity index (χ4v) is 4.31. The number of anilines is 2. The first-order chi connectivity index (χ1) is 13.6. The summed E-state index contributed by atoms with van der Waals surface area (Å²) in [5.41, 5.74) is 2.95. The van der Waals surface area contributed by atoms with E-state index in [9.17, 15) is 9.18 Å². The van der Waals surface area contributed by atoms with E-state index in [0.717, 1.165) is 30.0 Å². The Bertz CT molecular complexity index is 938. The molecule has 1 aliphatic carbocycles. The smallest absolute Gasteiger partial charge is 0.230 e. The molecular formula is C22H23FN3OS+. The lowest BCUT2D eigenvalue weighted by molar-refractivity contribution is -0.938. The summed E-state index contributed by atoms with van der Waals surface area (Å²) in [6.45, 7) is 3.22. The second-order valence-electron chi connectivity index (χ2n) is 7.22. The maximum atomic E-state index is 13.2. The van der Waals surface area contributed by atoms with E-state index in [4.69, 9.17) is 4.98 Å². The molecule has 1 N–H and O–H groups in total. The first-order valence-electron chi connectivity index (χ1n) is 9.49. The van der Waals surface area contributed by atoms with Crippen LogP contribution in [0.2, 0.25) is 0 Å². The number of benzene rings is 2. The maximum absolute atomic E-state index is 13.2. The average Bonchev–Trinajstić information content (AvgIpc) is 3.44. The summed E-state index contributed by atoms with van der Waals surface area (Å²) in [6, 6.07) is 17.0. The van der Waals surface area contributed by atoms with Crippen molar-refractivity contribution in [3.05, 3.63) is 77.1 Å². The van der Waals surface area contributed by atoms with Gasteiger partial charge in [0.2, 0.25) is 5.91 Å². The molecule has 1 heterocycles. The Morgan fingerprint density at radius 1 is 1.14 bits per heavy atom. The highest BCUT2D eigenvalue weighted by Gasteiger charge is 2.34. The van der Waals surface area contributed by atoms with Crippen LogP contribution in [0.15, 0.2) is 60.0 Å². The monoisotopic (exact) mass is 396 g/mol. The number of nitrogens with zero attached hydrogens (tertiary/aromatic N) is 2. The van der Waals surface area contributed by atoms with Gasteiger partial charge in [0, 0.05) is 30.7 Å². The van der Waals surface area contributed by atoms with Crippen molar-refractivity contribution in [2.45, 2.75) is 38.9 Å². The third-order valence-electron chi connectivity index (χ3n) is 4.97. The highest BCUT2D eigenvalue weighted by molar-refractivity contribution is 7.14. The lowest BCUT2D eigenvalue weighted by Gasteiger charge is -2.19. The van der Waals surface area contributed by atoms with Gasteiger partial charge in [0.15, 0.2) is 5.13 Å².